The molecule has 0 bridgehead atoms. The van der Waals surface area contributed by atoms with E-state index in [1.165, 1.54) is 21.0 Å². The van der Waals surface area contributed by atoms with Gasteiger partial charge in [0, 0.05) is 0 Å². The highest BCUT2D eigenvalue weighted by atomic mass is 31.1. The van der Waals surface area contributed by atoms with Crippen molar-refractivity contribution in [2.24, 2.45) is 0 Å². The summed E-state index contributed by atoms with van der Waals surface area (Å²) in [5, 5.41) is 0. The molecule has 0 aliphatic rings. The van der Waals surface area contributed by atoms with E-state index in [1.54, 1.807) is 0 Å². The lowest BCUT2D eigenvalue weighted by Gasteiger charge is -2.19. The molecule has 0 radical (unpaired) electrons. The number of carbonyl (C=O) groups excluding carboxylic acids is 1. The summed E-state index contributed by atoms with van der Waals surface area (Å²) in [5.74, 6) is -0.676. The molecule has 0 amide bonds. The third-order valence-corrected chi connectivity index (χ3v) is 1.70. The van der Waals surface area contributed by atoms with Crippen LogP contribution in [0.25, 0.3) is 0 Å². The predicted molar refractivity (Wildman–Crippen MR) is 38.4 cm³/mol. The molecule has 0 rings (SSSR count). The van der Waals surface area contributed by atoms with E-state index < -0.39 is 19.8 Å². The SMILES string of the molecule is COC(=O)C(C)(C)O[PH](=O)O. The first kappa shape index (κ1) is 10.6. The van der Waals surface area contributed by atoms with Gasteiger partial charge in [-0.2, -0.15) is 0 Å². The van der Waals surface area contributed by atoms with Gasteiger partial charge in [0.1, 0.15) is 0 Å². The highest BCUT2D eigenvalue weighted by Gasteiger charge is 2.31. The fraction of sp³-hybridized carbons (Fsp3) is 0.800. The lowest BCUT2D eigenvalue weighted by atomic mass is 10.1. The van der Waals surface area contributed by atoms with Crippen molar-refractivity contribution in [3.8, 4) is 0 Å². The summed E-state index contributed by atoms with van der Waals surface area (Å²) in [6.45, 7) is 2.72. The number of methoxy groups -OCH3 is 1. The minimum atomic E-state index is -3.10. The summed E-state index contributed by atoms with van der Waals surface area (Å²) in [7, 11) is -1.91. The predicted octanol–water partition coefficient (Wildman–Crippen LogP) is 0.337. The van der Waals surface area contributed by atoms with Crippen molar-refractivity contribution < 1.29 is 23.5 Å². The molecule has 5 nitrogen and oxygen atoms in total. The van der Waals surface area contributed by atoms with Crippen molar-refractivity contribution in [1.82, 2.24) is 0 Å². The lowest BCUT2D eigenvalue weighted by Crippen LogP contribution is -2.33. The van der Waals surface area contributed by atoms with Gasteiger partial charge < -0.3 is 9.63 Å². The first-order valence-electron chi connectivity index (χ1n) is 2.90. The molecule has 0 aromatic heterocycles. The molecule has 0 aromatic rings. The van der Waals surface area contributed by atoms with Crippen LogP contribution in [0, 0.1) is 0 Å². The zero-order valence-corrected chi connectivity index (χ0v) is 7.58. The van der Waals surface area contributed by atoms with E-state index in [2.05, 4.69) is 9.26 Å². The van der Waals surface area contributed by atoms with E-state index in [0.717, 1.165) is 0 Å². The molecule has 0 aromatic carbocycles. The van der Waals surface area contributed by atoms with Crippen molar-refractivity contribution in [2.75, 3.05) is 7.11 Å². The van der Waals surface area contributed by atoms with Crippen molar-refractivity contribution >= 4 is 14.2 Å². The molecule has 0 spiro atoms. The first-order valence-corrected chi connectivity index (χ1v) is 4.17. The second kappa shape index (κ2) is 3.85. The van der Waals surface area contributed by atoms with Crippen LogP contribution < -0.4 is 0 Å². The Labute approximate surface area is 65.3 Å². The lowest BCUT2D eigenvalue weighted by molar-refractivity contribution is -0.156. The molecule has 0 saturated heterocycles. The summed E-state index contributed by atoms with van der Waals surface area (Å²) in [6.07, 6.45) is 0. The molecule has 0 fully saturated rings. The minimum absolute atomic E-state index is 0.676. The van der Waals surface area contributed by atoms with Gasteiger partial charge >= 0.3 is 14.2 Å². The van der Waals surface area contributed by atoms with E-state index in [-0.39, 0.29) is 0 Å². The molecule has 0 aliphatic heterocycles. The zero-order valence-electron chi connectivity index (χ0n) is 6.58. The van der Waals surface area contributed by atoms with Crippen molar-refractivity contribution in [1.29, 1.82) is 0 Å². The van der Waals surface area contributed by atoms with Crippen LogP contribution in [-0.4, -0.2) is 23.6 Å². The quantitative estimate of drug-likeness (QED) is 0.503. The average molecular weight is 182 g/mol. The number of hydrogen-bond acceptors (Lipinski definition) is 4. The van der Waals surface area contributed by atoms with Crippen molar-refractivity contribution in [2.45, 2.75) is 19.4 Å². The number of hydrogen-bond donors (Lipinski definition) is 1. The zero-order chi connectivity index (χ0) is 9.07. The molecule has 1 N–H and O–H groups in total. The van der Waals surface area contributed by atoms with Gasteiger partial charge in [0.2, 0.25) is 0 Å². The number of rotatable bonds is 3. The highest BCUT2D eigenvalue weighted by molar-refractivity contribution is 7.32. The van der Waals surface area contributed by atoms with Gasteiger partial charge in [-0.05, 0) is 13.8 Å². The molecule has 11 heavy (non-hydrogen) atoms. The van der Waals surface area contributed by atoms with Gasteiger partial charge in [0.15, 0.2) is 5.60 Å². The van der Waals surface area contributed by atoms with Crippen LogP contribution in [0.1, 0.15) is 13.8 Å². The Morgan fingerprint density at radius 3 is 2.27 bits per heavy atom. The summed E-state index contributed by atoms with van der Waals surface area (Å²) in [4.78, 5) is 19.1. The van der Waals surface area contributed by atoms with Crippen LogP contribution in [-0.2, 0) is 18.6 Å². The third-order valence-electron chi connectivity index (χ3n) is 1.02. The standard InChI is InChI=1S/C5H11O5P/c1-5(2,4(6)9-3)10-11(7)8/h11H,1-3H3,(H,7,8). The Morgan fingerprint density at radius 1 is 1.55 bits per heavy atom. The molecular weight excluding hydrogens is 171 g/mol. The number of esters is 1. The van der Waals surface area contributed by atoms with Gasteiger partial charge in [-0.15, -0.1) is 0 Å². The van der Waals surface area contributed by atoms with Gasteiger partial charge in [-0.3, -0.25) is 9.09 Å². The van der Waals surface area contributed by atoms with Crippen molar-refractivity contribution in [3.05, 3.63) is 0 Å². The minimum Gasteiger partial charge on any atom is -0.467 e. The normalized spacial score (nSPS) is 14.2. The van der Waals surface area contributed by atoms with Crippen LogP contribution in [0.3, 0.4) is 0 Å². The average Bonchev–Trinajstić information content (AvgIpc) is 1.83. The van der Waals surface area contributed by atoms with Crippen LogP contribution in [0.5, 0.6) is 0 Å². The second-order valence-corrected chi connectivity index (χ2v) is 3.11. The summed E-state index contributed by atoms with van der Waals surface area (Å²) in [5.41, 5.74) is -1.35. The molecule has 66 valence electrons. The topological polar surface area (TPSA) is 72.8 Å². The molecule has 1 unspecified atom stereocenters. The second-order valence-electron chi connectivity index (χ2n) is 2.37. The van der Waals surface area contributed by atoms with Gasteiger partial charge in [0.25, 0.3) is 0 Å². The Balaban J connectivity index is 4.21. The van der Waals surface area contributed by atoms with E-state index in [0.29, 0.717) is 0 Å². The van der Waals surface area contributed by atoms with Gasteiger partial charge in [0.05, 0.1) is 7.11 Å². The fourth-order valence-electron chi connectivity index (χ4n) is 0.506. The summed E-state index contributed by atoms with van der Waals surface area (Å²) in [6, 6.07) is 0. The van der Waals surface area contributed by atoms with Crippen LogP contribution >= 0.6 is 8.25 Å². The maximum Gasteiger partial charge on any atom is 0.338 e. The van der Waals surface area contributed by atoms with Crippen LogP contribution in [0.2, 0.25) is 0 Å². The molecule has 0 aliphatic carbocycles. The smallest absolute Gasteiger partial charge is 0.338 e. The largest absolute Gasteiger partial charge is 0.467 e. The summed E-state index contributed by atoms with van der Waals surface area (Å²) >= 11 is 0. The van der Waals surface area contributed by atoms with E-state index in [9.17, 15) is 9.36 Å². The molecule has 6 heteroatoms. The van der Waals surface area contributed by atoms with Crippen LogP contribution in [0.4, 0.5) is 0 Å². The third kappa shape index (κ3) is 3.51. The first-order chi connectivity index (χ1) is 4.90. The Morgan fingerprint density at radius 2 is 2.00 bits per heavy atom. The van der Waals surface area contributed by atoms with Crippen LogP contribution in [0.15, 0.2) is 0 Å². The molecule has 0 heterocycles. The Bertz CT molecular complexity index is 176. The Hall–Kier alpha value is -0.380. The monoisotopic (exact) mass is 182 g/mol. The van der Waals surface area contributed by atoms with E-state index >= 15 is 0 Å². The number of ether oxygens (including phenoxy) is 1. The fourth-order valence-corrected chi connectivity index (χ4v) is 1.03. The van der Waals surface area contributed by atoms with E-state index in [1.807, 2.05) is 0 Å². The van der Waals surface area contributed by atoms with E-state index in [4.69, 9.17) is 4.89 Å². The highest BCUT2D eigenvalue weighted by Crippen LogP contribution is 2.26. The maximum atomic E-state index is 10.8. The molecule has 1 atom stereocenters. The maximum absolute atomic E-state index is 10.8. The molecular formula is C5H11O5P. The summed E-state index contributed by atoms with van der Waals surface area (Å²) < 4.78 is 18.9. The van der Waals surface area contributed by atoms with Gasteiger partial charge in [-0.25, -0.2) is 4.79 Å². The molecule has 0 saturated carbocycles. The van der Waals surface area contributed by atoms with Crippen molar-refractivity contribution in [3.63, 3.8) is 0 Å². The van der Waals surface area contributed by atoms with Gasteiger partial charge in [-0.1, -0.05) is 0 Å². The number of carbonyl (C=O) groups is 1. The Kier molecular flexibility index (Phi) is 3.72.